The minimum Gasteiger partial charge on any atom is -0.497 e. The van der Waals surface area contributed by atoms with E-state index in [1.807, 2.05) is 53.9 Å². The Morgan fingerprint density at radius 2 is 1.86 bits per heavy atom. The van der Waals surface area contributed by atoms with Crippen LogP contribution in [0.4, 0.5) is 5.13 Å². The number of carbonyl (C=O) groups is 1. The van der Waals surface area contributed by atoms with Crippen molar-refractivity contribution in [2.24, 2.45) is 0 Å². The number of benzene rings is 2. The third-order valence-corrected chi connectivity index (χ3v) is 4.92. The Morgan fingerprint density at radius 3 is 2.48 bits per heavy atom. The first-order valence-corrected chi connectivity index (χ1v) is 10.0. The van der Waals surface area contributed by atoms with E-state index in [0.717, 1.165) is 22.6 Å². The molecule has 148 valence electrons. The van der Waals surface area contributed by atoms with Crippen molar-refractivity contribution in [3.8, 4) is 23.3 Å². The lowest BCUT2D eigenvalue weighted by Gasteiger charge is -2.12. The van der Waals surface area contributed by atoms with Crippen LogP contribution in [0.2, 0.25) is 0 Å². The lowest BCUT2D eigenvalue weighted by atomic mass is 9.96. The Labute approximate surface area is 174 Å². The smallest absolute Gasteiger partial charge is 0.227 e. The third-order valence-electron chi connectivity index (χ3n) is 4.23. The van der Waals surface area contributed by atoms with E-state index in [1.165, 1.54) is 11.3 Å². The molecule has 1 aromatic heterocycles. The van der Waals surface area contributed by atoms with E-state index in [-0.39, 0.29) is 18.2 Å². The number of aromatic nitrogens is 1. The van der Waals surface area contributed by atoms with Crippen molar-refractivity contribution in [3.05, 3.63) is 71.2 Å². The van der Waals surface area contributed by atoms with E-state index in [9.17, 15) is 4.79 Å². The zero-order chi connectivity index (χ0) is 20.5. The average molecular weight is 407 g/mol. The highest BCUT2D eigenvalue weighted by Gasteiger charge is 2.15. The van der Waals surface area contributed by atoms with Crippen LogP contribution in [-0.2, 0) is 11.4 Å². The Morgan fingerprint density at radius 1 is 1.14 bits per heavy atom. The van der Waals surface area contributed by atoms with Crippen LogP contribution in [0, 0.1) is 11.8 Å². The first-order valence-electron chi connectivity index (χ1n) is 9.15. The summed E-state index contributed by atoms with van der Waals surface area (Å²) in [6.07, 6.45) is 1.93. The van der Waals surface area contributed by atoms with Crippen LogP contribution in [0.3, 0.4) is 0 Å². The number of rotatable bonds is 8. The number of carbonyl (C=O) groups excluding carboxylic acids is 1. The maximum Gasteiger partial charge on any atom is 0.227 e. The number of methoxy groups -OCH3 is 1. The van der Waals surface area contributed by atoms with E-state index < -0.39 is 0 Å². The van der Waals surface area contributed by atoms with Gasteiger partial charge in [0, 0.05) is 18.0 Å². The van der Waals surface area contributed by atoms with Gasteiger partial charge in [0.2, 0.25) is 5.91 Å². The summed E-state index contributed by atoms with van der Waals surface area (Å²) in [4.78, 5) is 16.4. The van der Waals surface area contributed by atoms with Crippen molar-refractivity contribution >= 4 is 22.4 Å². The minimum absolute atomic E-state index is 0.104. The normalized spacial score (nSPS) is 11.1. The number of amides is 1. The first-order chi connectivity index (χ1) is 14.2. The number of hydrogen-bond acceptors (Lipinski definition) is 5. The van der Waals surface area contributed by atoms with E-state index in [2.05, 4.69) is 22.1 Å². The van der Waals surface area contributed by atoms with E-state index in [4.69, 9.17) is 9.47 Å². The summed E-state index contributed by atoms with van der Waals surface area (Å²) in [6.45, 7) is 2.25. The summed E-state index contributed by atoms with van der Waals surface area (Å²) in [5.41, 5.74) is 2.04. The van der Waals surface area contributed by atoms with Gasteiger partial charge in [0.05, 0.1) is 13.0 Å². The molecule has 2 aromatic carbocycles. The monoisotopic (exact) mass is 406 g/mol. The average Bonchev–Trinajstić information content (AvgIpc) is 3.25. The highest BCUT2D eigenvalue weighted by molar-refractivity contribution is 7.13. The number of nitrogens with one attached hydrogen (secondary N) is 1. The fourth-order valence-corrected chi connectivity index (χ4v) is 3.30. The maximum atomic E-state index is 12.3. The molecule has 1 amide bonds. The number of anilines is 1. The van der Waals surface area contributed by atoms with Gasteiger partial charge >= 0.3 is 0 Å². The van der Waals surface area contributed by atoms with Crippen LogP contribution in [-0.4, -0.2) is 18.0 Å². The number of hydrogen-bond donors (Lipinski definition) is 1. The van der Waals surface area contributed by atoms with Gasteiger partial charge in [-0.15, -0.1) is 17.3 Å². The van der Waals surface area contributed by atoms with Crippen LogP contribution >= 0.6 is 11.3 Å². The third kappa shape index (κ3) is 6.09. The van der Waals surface area contributed by atoms with E-state index in [1.54, 1.807) is 20.2 Å². The van der Waals surface area contributed by atoms with Crippen molar-refractivity contribution in [3.63, 3.8) is 0 Å². The van der Waals surface area contributed by atoms with Gasteiger partial charge in [0.1, 0.15) is 18.1 Å². The summed E-state index contributed by atoms with van der Waals surface area (Å²) >= 11 is 1.39. The largest absolute Gasteiger partial charge is 0.497 e. The number of ether oxygens (including phenoxy) is 2. The molecular weight excluding hydrogens is 384 g/mol. The molecule has 0 spiro atoms. The van der Waals surface area contributed by atoms with Gasteiger partial charge < -0.3 is 14.8 Å². The Kier molecular flexibility index (Phi) is 7.26. The van der Waals surface area contributed by atoms with E-state index in [0.29, 0.717) is 11.7 Å². The molecule has 1 atom stereocenters. The summed E-state index contributed by atoms with van der Waals surface area (Å²) < 4.78 is 11.0. The number of thiazole rings is 1. The van der Waals surface area contributed by atoms with Crippen LogP contribution < -0.4 is 14.8 Å². The lowest BCUT2D eigenvalue weighted by molar-refractivity contribution is -0.116. The zero-order valence-electron chi connectivity index (χ0n) is 16.3. The van der Waals surface area contributed by atoms with Crippen molar-refractivity contribution < 1.29 is 14.3 Å². The van der Waals surface area contributed by atoms with Gasteiger partial charge in [-0.2, -0.15) is 0 Å². The Hall–Kier alpha value is -3.30. The standard InChI is InChI=1S/C23H22N2O3S/c1-3-4-19(15-22(26)25-23-24-13-14-29-23)18-7-11-21(12-8-18)28-16-17-5-9-20(27-2)10-6-17/h5-14,19H,15-16H2,1-2H3,(H,24,25,26). The highest BCUT2D eigenvalue weighted by Crippen LogP contribution is 2.24. The van der Waals surface area contributed by atoms with Gasteiger partial charge in [-0.1, -0.05) is 30.2 Å². The maximum absolute atomic E-state index is 12.3. The molecule has 0 radical (unpaired) electrons. The summed E-state index contributed by atoms with van der Waals surface area (Å²) in [7, 11) is 1.64. The first kappa shape index (κ1) is 20.4. The molecular formula is C23H22N2O3S. The van der Waals surface area contributed by atoms with Gasteiger partial charge in [-0.05, 0) is 42.3 Å². The summed E-state index contributed by atoms with van der Waals surface area (Å²) in [6, 6.07) is 15.5. The summed E-state index contributed by atoms with van der Waals surface area (Å²) in [5, 5.41) is 5.23. The predicted molar refractivity (Wildman–Crippen MR) is 115 cm³/mol. The topological polar surface area (TPSA) is 60.5 Å². The van der Waals surface area contributed by atoms with Gasteiger partial charge in [0.25, 0.3) is 0 Å². The van der Waals surface area contributed by atoms with Crippen molar-refractivity contribution in [2.75, 3.05) is 12.4 Å². The predicted octanol–water partition coefficient (Wildman–Crippen LogP) is 4.87. The molecule has 0 saturated heterocycles. The zero-order valence-corrected chi connectivity index (χ0v) is 17.2. The van der Waals surface area contributed by atoms with Crippen molar-refractivity contribution in [1.29, 1.82) is 0 Å². The second-order valence-corrected chi connectivity index (χ2v) is 7.14. The van der Waals surface area contributed by atoms with Crippen LogP contribution in [0.25, 0.3) is 0 Å². The van der Waals surface area contributed by atoms with Crippen molar-refractivity contribution in [2.45, 2.75) is 25.9 Å². The molecule has 1 heterocycles. The number of nitrogens with zero attached hydrogens (tertiary/aromatic N) is 1. The molecule has 0 aliphatic carbocycles. The molecule has 3 aromatic rings. The van der Waals surface area contributed by atoms with Crippen LogP contribution in [0.15, 0.2) is 60.1 Å². The Balaban J connectivity index is 1.59. The molecule has 29 heavy (non-hydrogen) atoms. The fraction of sp³-hybridized carbons (Fsp3) is 0.217. The Bertz CT molecular complexity index is 972. The SMILES string of the molecule is CC#CC(CC(=O)Nc1nccs1)c1ccc(OCc2ccc(OC)cc2)cc1. The summed E-state index contributed by atoms with van der Waals surface area (Å²) in [5.74, 6) is 7.33. The molecule has 1 N–H and O–H groups in total. The fourth-order valence-electron chi connectivity index (χ4n) is 2.75. The lowest BCUT2D eigenvalue weighted by Crippen LogP contribution is -2.15. The van der Waals surface area contributed by atoms with Crippen LogP contribution in [0.5, 0.6) is 11.5 Å². The van der Waals surface area contributed by atoms with Crippen LogP contribution in [0.1, 0.15) is 30.4 Å². The molecule has 0 bridgehead atoms. The highest BCUT2D eigenvalue weighted by atomic mass is 32.1. The van der Waals surface area contributed by atoms with Gasteiger partial charge in [-0.25, -0.2) is 4.98 Å². The minimum atomic E-state index is -0.185. The molecule has 6 heteroatoms. The molecule has 1 unspecified atom stereocenters. The van der Waals surface area contributed by atoms with E-state index >= 15 is 0 Å². The molecule has 0 aliphatic heterocycles. The molecule has 0 aliphatic rings. The second-order valence-electron chi connectivity index (χ2n) is 6.24. The quantitative estimate of drug-likeness (QED) is 0.543. The molecule has 3 rings (SSSR count). The van der Waals surface area contributed by atoms with Gasteiger partial charge in [-0.3, -0.25) is 4.79 Å². The van der Waals surface area contributed by atoms with Gasteiger partial charge in [0.15, 0.2) is 5.13 Å². The second kappa shape index (κ2) is 10.3. The molecule has 0 saturated carbocycles. The molecule has 5 nitrogen and oxygen atoms in total. The molecule has 0 fully saturated rings. The van der Waals surface area contributed by atoms with Crippen molar-refractivity contribution in [1.82, 2.24) is 4.98 Å².